The minimum atomic E-state index is -0.636. The van der Waals surface area contributed by atoms with Gasteiger partial charge in [0.25, 0.3) is 0 Å². The first kappa shape index (κ1) is 37.1. The first-order valence-corrected chi connectivity index (χ1v) is 17.6. The summed E-state index contributed by atoms with van der Waals surface area (Å²) in [6.45, 7) is 13.6. The van der Waals surface area contributed by atoms with Crippen molar-refractivity contribution >= 4 is 23.2 Å². The van der Waals surface area contributed by atoms with Gasteiger partial charge in [0.1, 0.15) is 36.2 Å². The van der Waals surface area contributed by atoms with Crippen LogP contribution in [-0.2, 0) is 36.5 Å². The van der Waals surface area contributed by atoms with Crippen LogP contribution in [0.4, 0.5) is 0 Å². The highest BCUT2D eigenvalue weighted by molar-refractivity contribution is 6.33. The van der Waals surface area contributed by atoms with E-state index in [9.17, 15) is 0 Å². The van der Waals surface area contributed by atoms with Gasteiger partial charge >= 0.3 is 0 Å². The number of hydrogen-bond acceptors (Lipinski definition) is 7. The summed E-state index contributed by atoms with van der Waals surface area (Å²) in [6, 6.07) is 8.49. The normalized spacial score (nSPS) is 22.0. The van der Waals surface area contributed by atoms with E-state index < -0.39 is 24.4 Å². The molecule has 1 aromatic carbocycles. The zero-order chi connectivity index (χ0) is 31.7. The Morgan fingerprint density at radius 2 is 1.20 bits per heavy atom. The monoisotopic (exact) mass is 652 g/mol. The molecule has 248 valence electrons. The summed E-state index contributed by atoms with van der Waals surface area (Å²) in [6.07, 6.45) is 7.11. The van der Waals surface area contributed by atoms with E-state index in [1.54, 1.807) is 0 Å². The summed E-state index contributed by atoms with van der Waals surface area (Å²) in [5, 5.41) is 0.492. The van der Waals surface area contributed by atoms with Crippen molar-refractivity contribution in [2.24, 2.45) is 0 Å². The molecule has 0 bridgehead atoms. The Morgan fingerprint density at radius 1 is 0.659 bits per heavy atom. The molecule has 1 fully saturated rings. The minimum absolute atomic E-state index is 0.206. The van der Waals surface area contributed by atoms with Crippen LogP contribution in [0.3, 0.4) is 0 Å². The van der Waals surface area contributed by atoms with Gasteiger partial charge in [-0.05, 0) is 43.2 Å². The van der Waals surface area contributed by atoms with Crippen molar-refractivity contribution in [1.29, 1.82) is 0 Å². The molecule has 7 nitrogen and oxygen atoms in total. The number of aromatic nitrogens is 2. The van der Waals surface area contributed by atoms with Crippen molar-refractivity contribution in [3.63, 3.8) is 0 Å². The summed E-state index contributed by atoms with van der Waals surface area (Å²) in [4.78, 5) is 9.55. The molecule has 2 heterocycles. The molecule has 1 aliphatic heterocycles. The highest BCUT2D eigenvalue weighted by Gasteiger charge is 2.50. The third-order valence-electron chi connectivity index (χ3n) is 7.96. The second-order valence-corrected chi connectivity index (χ2v) is 12.3. The van der Waals surface area contributed by atoms with Gasteiger partial charge in [-0.25, -0.2) is 9.97 Å². The third kappa shape index (κ3) is 11.2. The van der Waals surface area contributed by atoms with Crippen LogP contribution < -0.4 is 0 Å². The van der Waals surface area contributed by atoms with Gasteiger partial charge in [-0.3, -0.25) is 0 Å². The molecule has 1 aromatic heterocycles. The maximum absolute atomic E-state index is 6.85. The molecule has 9 heteroatoms. The Morgan fingerprint density at radius 3 is 1.80 bits per heavy atom. The first-order chi connectivity index (χ1) is 21.5. The van der Waals surface area contributed by atoms with Crippen LogP contribution in [-0.4, -0.2) is 67.4 Å². The van der Waals surface area contributed by atoms with Gasteiger partial charge in [0.2, 0.25) is 0 Å². The second-order valence-electron chi connectivity index (χ2n) is 11.6. The number of rotatable bonds is 21. The molecule has 0 radical (unpaired) electrons. The summed E-state index contributed by atoms with van der Waals surface area (Å²) in [5.41, 5.74) is 3.53. The van der Waals surface area contributed by atoms with Gasteiger partial charge in [0.05, 0.1) is 12.3 Å². The predicted octanol–water partition coefficient (Wildman–Crippen LogP) is 8.75. The Balaban J connectivity index is 2.02. The maximum atomic E-state index is 6.85. The molecule has 1 saturated heterocycles. The average Bonchev–Trinajstić information content (AvgIpc) is 3.02. The quantitative estimate of drug-likeness (QED) is 0.125. The topological polar surface area (TPSA) is 71.9 Å². The first-order valence-electron chi connectivity index (χ1n) is 16.8. The van der Waals surface area contributed by atoms with Crippen molar-refractivity contribution in [2.75, 3.05) is 33.0 Å². The Kier molecular flexibility index (Phi) is 17.5. The minimum Gasteiger partial charge on any atom is -0.379 e. The number of unbranched alkanes of at least 4 members (excludes halogenated alkanes) is 4. The molecule has 0 saturated carbocycles. The molecule has 2 aromatic rings. The van der Waals surface area contributed by atoms with Crippen LogP contribution in [0.5, 0.6) is 0 Å². The molecule has 1 aliphatic rings. The molecular weight excluding hydrogens is 599 g/mol. The van der Waals surface area contributed by atoms with Crippen LogP contribution in [0.25, 0.3) is 0 Å². The van der Waals surface area contributed by atoms with Crippen molar-refractivity contribution in [3.05, 3.63) is 57.1 Å². The van der Waals surface area contributed by atoms with Gasteiger partial charge in [0.15, 0.2) is 10.3 Å². The highest BCUT2D eigenvalue weighted by atomic mass is 35.5. The van der Waals surface area contributed by atoms with E-state index in [-0.39, 0.29) is 16.4 Å². The number of hydrogen-bond donors (Lipinski definition) is 0. The lowest BCUT2D eigenvalue weighted by Crippen LogP contribution is -2.59. The number of ether oxygens (including phenoxy) is 5. The van der Waals surface area contributed by atoms with E-state index in [4.69, 9.17) is 51.9 Å². The van der Waals surface area contributed by atoms with E-state index in [0.717, 1.165) is 63.4 Å². The highest BCUT2D eigenvalue weighted by Crippen LogP contribution is 2.39. The van der Waals surface area contributed by atoms with Crippen LogP contribution >= 0.6 is 23.2 Å². The molecule has 0 amide bonds. The van der Waals surface area contributed by atoms with Crippen molar-refractivity contribution < 1.29 is 23.7 Å². The predicted molar refractivity (Wildman–Crippen MR) is 178 cm³/mol. The molecule has 1 unspecified atom stereocenters. The zero-order valence-corrected chi connectivity index (χ0v) is 29.0. The lowest BCUT2D eigenvalue weighted by Gasteiger charge is -2.46. The van der Waals surface area contributed by atoms with Gasteiger partial charge in [0, 0.05) is 32.8 Å². The fraction of sp³-hybridized carbons (Fsp3) is 0.714. The Hall–Kier alpha value is -1.32. The van der Waals surface area contributed by atoms with Crippen LogP contribution in [0.15, 0.2) is 24.3 Å². The fourth-order valence-corrected chi connectivity index (χ4v) is 5.68. The maximum Gasteiger partial charge on any atom is 0.155 e. The standard InChI is InChI=1S/C35H54Cl2N2O5/c1-6-11-19-40-24-28-30(41-20-12-7-2)32(42-21-13-8-3)33(43-22-14-9-4)31(44-28)29-35(37)39-34(36)27(38-29)23-26-17-15-25(10-5)16-18-26/h15-18,28,30-33H,6-14,19-24H2,1-5H3/t28-,30-,31?,32+,33+/m1/s1. The zero-order valence-electron chi connectivity index (χ0n) is 27.5. The van der Waals surface area contributed by atoms with E-state index in [1.807, 2.05) is 0 Å². The number of benzene rings is 1. The van der Waals surface area contributed by atoms with Crippen molar-refractivity contribution in [3.8, 4) is 0 Å². The van der Waals surface area contributed by atoms with Gasteiger partial charge in [-0.1, -0.05) is 108 Å². The molecule has 5 atom stereocenters. The van der Waals surface area contributed by atoms with Crippen molar-refractivity contribution in [1.82, 2.24) is 9.97 Å². The van der Waals surface area contributed by atoms with Crippen LogP contribution in [0.1, 0.15) is 115 Å². The van der Waals surface area contributed by atoms with E-state index in [1.165, 1.54) is 5.56 Å². The lowest BCUT2D eigenvalue weighted by atomic mass is 9.92. The molecular formula is C35H54Cl2N2O5. The number of halogens is 2. The van der Waals surface area contributed by atoms with Crippen LogP contribution in [0.2, 0.25) is 10.3 Å². The Bertz CT molecular complexity index is 1070. The van der Waals surface area contributed by atoms with Gasteiger partial charge in [-0.2, -0.15) is 0 Å². The lowest BCUT2D eigenvalue weighted by molar-refractivity contribution is -0.269. The molecule has 0 spiro atoms. The Labute approximate surface area is 275 Å². The van der Waals surface area contributed by atoms with E-state index in [0.29, 0.717) is 50.8 Å². The summed E-state index contributed by atoms with van der Waals surface area (Å²) in [7, 11) is 0. The van der Waals surface area contributed by atoms with Gasteiger partial charge in [-0.15, -0.1) is 0 Å². The van der Waals surface area contributed by atoms with Crippen LogP contribution in [0, 0.1) is 0 Å². The number of nitrogens with zero attached hydrogens (tertiary/aromatic N) is 2. The summed E-state index contributed by atoms with van der Waals surface area (Å²) < 4.78 is 32.7. The van der Waals surface area contributed by atoms with Crippen molar-refractivity contribution in [2.45, 2.75) is 129 Å². The number of aryl methyl sites for hydroxylation is 1. The molecule has 3 rings (SSSR count). The molecule has 0 aliphatic carbocycles. The smallest absolute Gasteiger partial charge is 0.155 e. The summed E-state index contributed by atoms with van der Waals surface area (Å²) >= 11 is 13.4. The third-order valence-corrected chi connectivity index (χ3v) is 8.54. The van der Waals surface area contributed by atoms with E-state index >= 15 is 0 Å². The SMILES string of the molecule is CCCCOC[C@H]1OC(c2nc(Cc3ccc(CC)cc3)c(Cl)nc2Cl)[C@H](OCCCC)[C@@H](OCCCC)[C@@H]1OCCCC. The molecule has 0 N–H and O–H groups in total. The largest absolute Gasteiger partial charge is 0.379 e. The molecule has 44 heavy (non-hydrogen) atoms. The van der Waals surface area contributed by atoms with E-state index in [2.05, 4.69) is 63.9 Å². The average molecular weight is 654 g/mol. The fourth-order valence-electron chi connectivity index (χ4n) is 5.20. The summed E-state index contributed by atoms with van der Waals surface area (Å²) in [5.74, 6) is 0. The van der Waals surface area contributed by atoms with Gasteiger partial charge < -0.3 is 23.7 Å². The second kappa shape index (κ2) is 20.7.